The van der Waals surface area contributed by atoms with Crippen molar-refractivity contribution in [3.63, 3.8) is 0 Å². The fourth-order valence-corrected chi connectivity index (χ4v) is 3.22. The number of fused-ring (bicyclic) bond motifs is 1. The van der Waals surface area contributed by atoms with Crippen molar-refractivity contribution in [1.82, 2.24) is 9.55 Å². The first-order valence-electron chi connectivity index (χ1n) is 4.73. The highest BCUT2D eigenvalue weighted by Crippen LogP contribution is 2.32. The fraction of sp³-hybridized carbons (Fsp3) is 0.300. The first kappa shape index (κ1) is 13.4. The molecule has 1 aromatic carbocycles. The molecule has 0 aliphatic rings. The Morgan fingerprint density at radius 2 is 2.07 bits per heavy atom. The van der Waals surface area contributed by atoms with E-state index >= 15 is 0 Å². The lowest BCUT2D eigenvalue weighted by atomic mass is 10.2. The van der Waals surface area contributed by atoms with Gasteiger partial charge in [-0.1, -0.05) is 19.9 Å². The summed E-state index contributed by atoms with van der Waals surface area (Å²) in [5.41, 5.74) is 2.45. The number of benzene rings is 1. The Labute approximate surface area is 113 Å². The Morgan fingerprint density at radius 3 is 2.67 bits per heavy atom. The average Bonchev–Trinajstić information content (AvgIpc) is 2.70. The highest BCUT2D eigenvalue weighted by atomic mass is 127. The molecule has 15 heavy (non-hydrogen) atoms. The molecule has 1 heterocycles. The molecule has 0 amide bonds. The van der Waals surface area contributed by atoms with E-state index in [0.29, 0.717) is 6.37 Å². The first-order valence-corrected chi connectivity index (χ1v) is 9.59. The van der Waals surface area contributed by atoms with Gasteiger partial charge in [-0.2, -0.15) is 5.10 Å². The van der Waals surface area contributed by atoms with Crippen LogP contribution in [0.3, 0.4) is 0 Å². The van der Waals surface area contributed by atoms with Gasteiger partial charge in [0.25, 0.3) is 0 Å². The van der Waals surface area contributed by atoms with E-state index in [1.165, 1.54) is 16.5 Å². The Hall–Kier alpha value is 0.330. The molecular formula is C10H13BrIN2P. The van der Waals surface area contributed by atoms with Crippen LogP contribution in [0.2, 0.25) is 0 Å². The van der Waals surface area contributed by atoms with Gasteiger partial charge in [0.15, 0.2) is 0 Å². The summed E-state index contributed by atoms with van der Waals surface area (Å²) >= 11 is 5.90. The lowest BCUT2D eigenvalue weighted by molar-refractivity contribution is 1.04. The van der Waals surface area contributed by atoms with Gasteiger partial charge in [-0.3, -0.25) is 0 Å². The monoisotopic (exact) mass is 398 g/mol. The molecule has 2 aromatic rings. The molecule has 0 saturated heterocycles. The second-order valence-electron chi connectivity index (χ2n) is 2.77. The van der Waals surface area contributed by atoms with Gasteiger partial charge in [0.1, 0.15) is 0 Å². The molecule has 0 aliphatic heterocycles. The average molecular weight is 399 g/mol. The minimum Gasteiger partial charge on any atom is -0.237 e. The fourth-order valence-electron chi connectivity index (χ4n) is 1.24. The van der Waals surface area contributed by atoms with E-state index in [4.69, 9.17) is 0 Å². The third-order valence-electron chi connectivity index (χ3n) is 1.96. The van der Waals surface area contributed by atoms with Crippen LogP contribution < -0.4 is 0 Å². The van der Waals surface area contributed by atoms with E-state index in [0.717, 1.165) is 4.47 Å². The molecule has 0 aliphatic carbocycles. The first-order chi connectivity index (χ1) is 7.24. The third kappa shape index (κ3) is 2.71. The van der Waals surface area contributed by atoms with Crippen molar-refractivity contribution >= 4 is 55.2 Å². The van der Waals surface area contributed by atoms with Gasteiger partial charge in [-0.25, -0.2) is 4.45 Å². The molecule has 0 fully saturated rings. The summed E-state index contributed by atoms with van der Waals surface area (Å²) in [6.07, 6.45) is 2.57. The van der Waals surface area contributed by atoms with Crippen molar-refractivity contribution in [3.8, 4) is 0 Å². The number of hydrogen-bond donors (Lipinski definition) is 0. The second-order valence-corrected chi connectivity index (χ2v) is 5.60. The van der Waals surface area contributed by atoms with E-state index in [2.05, 4.69) is 62.1 Å². The molecular weight excluding hydrogens is 386 g/mol. The summed E-state index contributed by atoms with van der Waals surface area (Å²) < 4.78 is 3.17. The minimum absolute atomic E-state index is 0.656. The maximum Gasteiger partial charge on any atom is 0.0741 e. The highest BCUT2D eigenvalue weighted by molar-refractivity contribution is 14.2. The molecule has 0 bridgehead atoms. The molecule has 2 rings (SSSR count). The molecule has 2 nitrogen and oxygen atoms in total. The van der Waals surface area contributed by atoms with Crippen LogP contribution >= 0.6 is 44.3 Å². The SMILES string of the molecule is CC.Cc1ccc2c(cnn2PI)c1Br. The quantitative estimate of drug-likeness (QED) is 0.492. The number of aryl methyl sites for hydroxylation is 1. The zero-order valence-electron chi connectivity index (χ0n) is 8.88. The normalized spacial score (nSPS) is 10.7. The van der Waals surface area contributed by atoms with Crippen molar-refractivity contribution in [1.29, 1.82) is 0 Å². The van der Waals surface area contributed by atoms with Crippen molar-refractivity contribution in [2.75, 3.05) is 0 Å². The maximum absolute atomic E-state index is 4.31. The molecule has 1 unspecified atom stereocenters. The molecule has 82 valence electrons. The van der Waals surface area contributed by atoms with Gasteiger partial charge in [-0.15, -0.1) is 0 Å². The van der Waals surface area contributed by atoms with Crippen molar-refractivity contribution in [2.45, 2.75) is 20.8 Å². The zero-order chi connectivity index (χ0) is 11.4. The Kier molecular flexibility index (Phi) is 5.50. The molecule has 0 saturated carbocycles. The van der Waals surface area contributed by atoms with Crippen LogP contribution in [0.1, 0.15) is 19.4 Å². The van der Waals surface area contributed by atoms with Crippen LogP contribution in [0.25, 0.3) is 10.9 Å². The summed E-state index contributed by atoms with van der Waals surface area (Å²) in [5.74, 6) is 0. The summed E-state index contributed by atoms with van der Waals surface area (Å²) in [6.45, 7) is 6.09. The van der Waals surface area contributed by atoms with Gasteiger partial charge in [0, 0.05) is 9.86 Å². The predicted molar refractivity (Wildman–Crippen MR) is 81.3 cm³/mol. The van der Waals surface area contributed by atoms with Gasteiger partial charge in [0.2, 0.25) is 0 Å². The molecule has 0 spiro atoms. The largest absolute Gasteiger partial charge is 0.237 e. The molecule has 1 aromatic heterocycles. The lowest BCUT2D eigenvalue weighted by Gasteiger charge is -2.00. The second kappa shape index (κ2) is 6.16. The number of hydrogen-bond acceptors (Lipinski definition) is 1. The van der Waals surface area contributed by atoms with Crippen molar-refractivity contribution in [3.05, 3.63) is 28.4 Å². The van der Waals surface area contributed by atoms with E-state index in [1.807, 2.05) is 24.5 Å². The smallest absolute Gasteiger partial charge is 0.0741 e. The van der Waals surface area contributed by atoms with E-state index < -0.39 is 0 Å². The van der Waals surface area contributed by atoms with E-state index in [1.54, 1.807) is 0 Å². The van der Waals surface area contributed by atoms with Crippen LogP contribution in [0.5, 0.6) is 0 Å². The summed E-state index contributed by atoms with van der Waals surface area (Å²) in [4.78, 5) is 0. The van der Waals surface area contributed by atoms with E-state index in [-0.39, 0.29) is 0 Å². The standard InChI is InChI=1S/C8H7BrIN2P.C2H6/c1-5-2-3-7-6(8(5)9)4-11-12(7)13-10;1-2/h2-4,13H,1H3;1-2H3. The Morgan fingerprint density at radius 1 is 1.40 bits per heavy atom. The number of nitrogens with zero attached hydrogens (tertiary/aromatic N) is 2. The molecule has 0 radical (unpaired) electrons. The number of aromatic nitrogens is 2. The summed E-state index contributed by atoms with van der Waals surface area (Å²) in [6, 6.07) is 4.23. The van der Waals surface area contributed by atoms with Crippen LogP contribution in [0, 0.1) is 6.92 Å². The zero-order valence-corrected chi connectivity index (χ0v) is 13.6. The van der Waals surface area contributed by atoms with Crippen LogP contribution in [0.4, 0.5) is 0 Å². The number of halogens is 2. The Balaban J connectivity index is 0.000000531. The predicted octanol–water partition coefficient (Wildman–Crippen LogP) is 4.93. The maximum atomic E-state index is 4.31. The van der Waals surface area contributed by atoms with Crippen molar-refractivity contribution < 1.29 is 0 Å². The highest BCUT2D eigenvalue weighted by Gasteiger charge is 2.06. The summed E-state index contributed by atoms with van der Waals surface area (Å²) in [7, 11) is 0. The molecule has 0 N–H and O–H groups in total. The third-order valence-corrected chi connectivity index (χ3v) is 4.90. The lowest BCUT2D eigenvalue weighted by Crippen LogP contribution is -1.82. The van der Waals surface area contributed by atoms with Gasteiger partial charge >= 0.3 is 0 Å². The molecule has 5 heteroatoms. The van der Waals surface area contributed by atoms with Gasteiger partial charge < -0.3 is 0 Å². The minimum atomic E-state index is 0.656. The van der Waals surface area contributed by atoms with Gasteiger partial charge in [0.05, 0.1) is 18.1 Å². The van der Waals surface area contributed by atoms with Gasteiger partial charge in [-0.05, 0) is 56.5 Å². The van der Waals surface area contributed by atoms with E-state index in [9.17, 15) is 0 Å². The Bertz CT molecular complexity index is 456. The molecule has 1 atom stereocenters. The van der Waals surface area contributed by atoms with Crippen LogP contribution in [-0.2, 0) is 0 Å². The van der Waals surface area contributed by atoms with Crippen LogP contribution in [-0.4, -0.2) is 9.55 Å². The van der Waals surface area contributed by atoms with Crippen molar-refractivity contribution in [2.24, 2.45) is 0 Å². The number of rotatable bonds is 1. The summed E-state index contributed by atoms with van der Waals surface area (Å²) in [5, 5.41) is 5.51. The van der Waals surface area contributed by atoms with Crippen LogP contribution in [0.15, 0.2) is 22.8 Å². The topological polar surface area (TPSA) is 17.8 Å².